The standard InChI is InChI=1S/C13H14BNO5.C13H14BNO4.2CH4/c1-15-7-10(16)19-14(15,20-11(17)8-15)13-12(18-13)9-5-3-2-4-6-9;1-15-9-12(16)18-14(15,19-13(17)10-15)8-7-11-5-3-2-4-6-11;;/h2-6,12-13H,7-8H2,1H3;2-8H,9-10H2,1H3;2*1H4/b;8-7+;;. The highest BCUT2D eigenvalue weighted by molar-refractivity contribution is 6.71. The molecule has 2 aromatic rings. The van der Waals surface area contributed by atoms with Crippen LogP contribution < -0.4 is 0 Å². The number of nitrogens with zero attached hydrogens (tertiary/aromatic N) is 2. The first kappa shape index (κ1) is 30.0. The molecule has 5 aliphatic rings. The van der Waals surface area contributed by atoms with E-state index in [0.717, 1.165) is 11.1 Å². The average Bonchev–Trinajstić information content (AvgIpc) is 3.45. The van der Waals surface area contributed by atoms with Crippen LogP contribution in [0.4, 0.5) is 0 Å². The second-order valence-corrected chi connectivity index (χ2v) is 11.2. The zero-order chi connectivity index (χ0) is 27.5. The molecular weight excluding hydrogens is 530 g/mol. The van der Waals surface area contributed by atoms with Gasteiger partial charge in [-0.25, -0.2) is 0 Å². The molecule has 0 spiro atoms. The van der Waals surface area contributed by atoms with Gasteiger partial charge in [0, 0.05) is 14.1 Å². The monoisotopic (exact) mass is 566 g/mol. The topological polar surface area (TPSA) is 118 Å². The number of carbonyl (C=O) groups excluding carboxylic acids is 4. The lowest BCUT2D eigenvalue weighted by molar-refractivity contribution is -0.794. The smallest absolute Gasteiger partial charge is 0.598 e. The molecule has 41 heavy (non-hydrogen) atoms. The zero-order valence-corrected chi connectivity index (χ0v) is 21.6. The number of epoxide rings is 1. The molecule has 13 heteroatoms. The summed E-state index contributed by atoms with van der Waals surface area (Å²) in [5, 5.41) is 0. The van der Waals surface area contributed by atoms with Crippen LogP contribution in [0.5, 0.6) is 0 Å². The Bertz CT molecular complexity index is 1350. The summed E-state index contributed by atoms with van der Waals surface area (Å²) in [4.78, 5) is 46.4. The van der Waals surface area contributed by atoms with Gasteiger partial charge in [-0.2, -0.15) is 0 Å². The maximum atomic E-state index is 11.7. The largest absolute Gasteiger partial charge is 0.614 e. The summed E-state index contributed by atoms with van der Waals surface area (Å²) < 4.78 is 27.6. The van der Waals surface area contributed by atoms with Crippen molar-refractivity contribution in [2.24, 2.45) is 0 Å². The van der Waals surface area contributed by atoms with E-state index in [0.29, 0.717) is 0 Å². The van der Waals surface area contributed by atoms with Gasteiger partial charge in [0.05, 0.1) is 6.10 Å². The molecule has 0 aliphatic carbocycles. The highest BCUT2D eigenvalue weighted by Crippen LogP contribution is 2.51. The molecule has 7 rings (SSSR count). The van der Waals surface area contributed by atoms with E-state index in [1.54, 1.807) is 5.98 Å². The Hall–Kier alpha value is -3.93. The van der Waals surface area contributed by atoms with E-state index in [-0.39, 0.29) is 85.8 Å². The SMILES string of the molecule is C.C.C[N+]12CC(=O)O[B-]1(/C=C/c1ccccc1)OC(=O)C2.C[N+]12CC(=O)O[B-]1(C1OC1c1ccccc1)OC(=O)C2. The maximum absolute atomic E-state index is 11.7. The number of fused-ring (bicyclic) bond motifs is 2. The van der Waals surface area contributed by atoms with Crippen molar-refractivity contribution in [2.45, 2.75) is 27.0 Å². The lowest BCUT2D eigenvalue weighted by Crippen LogP contribution is -2.64. The molecule has 5 aliphatic heterocycles. The third-order valence-electron chi connectivity index (χ3n) is 8.30. The van der Waals surface area contributed by atoms with Gasteiger partial charge in [0.2, 0.25) is 0 Å². The van der Waals surface area contributed by atoms with E-state index in [4.69, 9.17) is 23.4 Å². The summed E-state index contributed by atoms with van der Waals surface area (Å²) in [6.07, 6.45) is 1.65. The Labute approximate surface area is 239 Å². The third-order valence-corrected chi connectivity index (χ3v) is 8.30. The van der Waals surface area contributed by atoms with Crippen LogP contribution in [-0.2, 0) is 42.5 Å². The minimum atomic E-state index is -2.09. The Morgan fingerprint density at radius 1 is 0.683 bits per heavy atom. The van der Waals surface area contributed by atoms with Crippen molar-refractivity contribution in [1.29, 1.82) is 0 Å². The normalized spacial score (nSPS) is 36.0. The predicted octanol–water partition coefficient (Wildman–Crippen LogP) is 2.18. The number of quaternary nitrogens is 2. The summed E-state index contributed by atoms with van der Waals surface area (Å²) in [5.41, 5.74) is 1.97. The lowest BCUT2D eigenvalue weighted by atomic mass is 9.62. The molecule has 218 valence electrons. The van der Waals surface area contributed by atoms with Crippen molar-refractivity contribution >= 4 is 43.3 Å². The first-order valence-electron chi connectivity index (χ1n) is 12.9. The molecule has 2 unspecified atom stereocenters. The highest BCUT2D eigenvalue weighted by Gasteiger charge is 2.76. The van der Waals surface area contributed by atoms with Crippen molar-refractivity contribution in [2.75, 3.05) is 40.3 Å². The molecule has 5 fully saturated rings. The molecule has 5 saturated heterocycles. The van der Waals surface area contributed by atoms with E-state index in [1.165, 1.54) is 0 Å². The maximum Gasteiger partial charge on any atom is 0.614 e. The van der Waals surface area contributed by atoms with Crippen molar-refractivity contribution in [3.05, 3.63) is 77.8 Å². The quantitative estimate of drug-likeness (QED) is 0.406. The van der Waals surface area contributed by atoms with Gasteiger partial charge in [0.15, 0.2) is 0 Å². The summed E-state index contributed by atoms with van der Waals surface area (Å²) in [6, 6.07) is 18.9. The molecule has 0 bridgehead atoms. The van der Waals surface area contributed by atoms with Crippen molar-refractivity contribution in [3.63, 3.8) is 0 Å². The number of carbonyl (C=O) groups is 4. The van der Waals surface area contributed by atoms with Gasteiger partial charge in [-0.3, -0.25) is 19.2 Å². The predicted molar refractivity (Wildman–Crippen MR) is 151 cm³/mol. The molecule has 0 amide bonds. The van der Waals surface area contributed by atoms with Gasteiger partial charge < -0.3 is 32.1 Å². The van der Waals surface area contributed by atoms with Crippen LogP contribution in [0.25, 0.3) is 6.08 Å². The highest BCUT2D eigenvalue weighted by atomic mass is 16.7. The van der Waals surface area contributed by atoms with Gasteiger partial charge in [-0.1, -0.05) is 87.6 Å². The van der Waals surface area contributed by atoms with E-state index in [1.807, 2.05) is 80.8 Å². The molecule has 0 saturated carbocycles. The van der Waals surface area contributed by atoms with Gasteiger partial charge >= 0.3 is 37.3 Å². The fourth-order valence-corrected chi connectivity index (χ4v) is 6.19. The Morgan fingerprint density at radius 3 is 1.68 bits per heavy atom. The molecule has 0 radical (unpaired) electrons. The average molecular weight is 566 g/mol. The van der Waals surface area contributed by atoms with Crippen molar-refractivity contribution in [1.82, 2.24) is 0 Å². The minimum absolute atomic E-state index is 0. The molecule has 11 nitrogen and oxygen atoms in total. The van der Waals surface area contributed by atoms with E-state index >= 15 is 0 Å². The number of ether oxygens (including phenoxy) is 1. The van der Waals surface area contributed by atoms with Gasteiger partial charge in [0.25, 0.3) is 0 Å². The van der Waals surface area contributed by atoms with Crippen LogP contribution in [-0.4, -0.2) is 92.3 Å². The number of hydrogen-bond donors (Lipinski definition) is 0. The summed E-state index contributed by atoms with van der Waals surface area (Å²) in [6.45, 7) is -3.48. The second-order valence-electron chi connectivity index (χ2n) is 11.2. The lowest BCUT2D eigenvalue weighted by Gasteiger charge is -2.38. The van der Waals surface area contributed by atoms with Gasteiger partial charge in [-0.05, 0) is 11.1 Å². The number of hydrogen-bond acceptors (Lipinski definition) is 9. The Balaban J connectivity index is 0.000000180. The number of rotatable bonds is 4. The molecule has 5 heterocycles. The van der Waals surface area contributed by atoms with E-state index in [9.17, 15) is 19.2 Å². The van der Waals surface area contributed by atoms with Gasteiger partial charge in [-0.15, -0.1) is 0 Å². The van der Waals surface area contributed by atoms with Crippen LogP contribution in [0, 0.1) is 0 Å². The van der Waals surface area contributed by atoms with Crippen molar-refractivity contribution in [3.8, 4) is 0 Å². The van der Waals surface area contributed by atoms with Crippen molar-refractivity contribution < 1.29 is 51.3 Å². The van der Waals surface area contributed by atoms with Crippen LogP contribution in [0.1, 0.15) is 32.1 Å². The third kappa shape index (κ3) is 4.94. The Kier molecular flexibility index (Phi) is 7.68. The van der Waals surface area contributed by atoms with Crippen LogP contribution >= 0.6 is 0 Å². The van der Waals surface area contributed by atoms with E-state index < -0.39 is 13.4 Å². The first-order valence-corrected chi connectivity index (χ1v) is 12.9. The molecule has 0 aromatic heterocycles. The van der Waals surface area contributed by atoms with Crippen LogP contribution in [0.3, 0.4) is 0 Å². The molecule has 0 N–H and O–H groups in total. The zero-order valence-electron chi connectivity index (χ0n) is 21.6. The van der Waals surface area contributed by atoms with Crippen LogP contribution in [0.2, 0.25) is 0 Å². The first-order chi connectivity index (χ1) is 18.6. The van der Waals surface area contributed by atoms with Crippen LogP contribution in [0.15, 0.2) is 66.6 Å². The Morgan fingerprint density at radius 2 is 1.15 bits per heavy atom. The van der Waals surface area contributed by atoms with Gasteiger partial charge in [0.1, 0.15) is 32.2 Å². The molecule has 2 aromatic carbocycles. The fourth-order valence-electron chi connectivity index (χ4n) is 6.19. The molecule has 2 atom stereocenters. The number of likely N-dealkylation sites (N-methyl/N-ethyl adjacent to an activating group) is 2. The fraction of sp³-hybridized carbons (Fsp3) is 0.357. The minimum Gasteiger partial charge on any atom is -0.598 e. The van der Waals surface area contributed by atoms with E-state index in [2.05, 4.69) is 0 Å². The summed E-state index contributed by atoms with van der Waals surface area (Å²) >= 11 is 0. The summed E-state index contributed by atoms with van der Waals surface area (Å²) in [7, 11) is 3.63. The molecular formula is C28H36B2N2O9. The second kappa shape index (κ2) is 10.5. The number of benzene rings is 2. The summed E-state index contributed by atoms with van der Waals surface area (Å²) in [5.74, 6) is 0.399.